The van der Waals surface area contributed by atoms with E-state index in [9.17, 15) is 4.79 Å². The van der Waals surface area contributed by atoms with Gasteiger partial charge in [0.1, 0.15) is 11.9 Å². The van der Waals surface area contributed by atoms with E-state index in [0.717, 1.165) is 23.3 Å². The molecule has 0 aliphatic rings. The van der Waals surface area contributed by atoms with Gasteiger partial charge in [0.05, 0.1) is 12.7 Å². The number of carbonyl (C=O) groups is 1. The number of hydrogen-bond donors (Lipinski definition) is 0. The maximum absolute atomic E-state index is 11.6. The Labute approximate surface area is 125 Å². The van der Waals surface area contributed by atoms with Crippen molar-refractivity contribution >= 4 is 5.97 Å². The lowest BCUT2D eigenvalue weighted by atomic mass is 9.99. The van der Waals surface area contributed by atoms with Gasteiger partial charge in [-0.15, -0.1) is 0 Å². The Morgan fingerprint density at radius 3 is 2.43 bits per heavy atom. The predicted molar refractivity (Wildman–Crippen MR) is 82.6 cm³/mol. The topological polar surface area (TPSA) is 35.5 Å². The molecule has 1 atom stereocenters. The number of benzene rings is 2. The second kappa shape index (κ2) is 6.93. The summed E-state index contributed by atoms with van der Waals surface area (Å²) in [5.41, 5.74) is 2.68. The highest BCUT2D eigenvalue weighted by Crippen LogP contribution is 2.27. The number of carbonyl (C=O) groups excluding carboxylic acids is 1. The van der Waals surface area contributed by atoms with Crippen molar-refractivity contribution in [2.75, 3.05) is 7.11 Å². The van der Waals surface area contributed by atoms with E-state index in [2.05, 4.69) is 6.92 Å². The summed E-state index contributed by atoms with van der Waals surface area (Å²) in [5, 5.41) is 0. The second-order valence-corrected chi connectivity index (χ2v) is 4.89. The lowest BCUT2D eigenvalue weighted by molar-refractivity contribution is 0.0600. The van der Waals surface area contributed by atoms with Crippen molar-refractivity contribution < 1.29 is 14.3 Å². The fourth-order valence-corrected chi connectivity index (χ4v) is 2.31. The standard InChI is InChI=1S/C18H20O3/c1-4-17(21-15-8-6-5-7-9-15)16-11-10-14(12-13(16)2)18(19)20-3/h5-12,17H,4H2,1-3H3. The highest BCUT2D eigenvalue weighted by molar-refractivity contribution is 5.89. The lowest BCUT2D eigenvalue weighted by Crippen LogP contribution is -2.09. The molecular formula is C18H20O3. The first-order valence-electron chi connectivity index (χ1n) is 7.06. The molecule has 0 N–H and O–H groups in total. The molecule has 0 saturated carbocycles. The molecule has 21 heavy (non-hydrogen) atoms. The van der Waals surface area contributed by atoms with Crippen molar-refractivity contribution in [2.45, 2.75) is 26.4 Å². The average Bonchev–Trinajstić information content (AvgIpc) is 2.53. The first kappa shape index (κ1) is 15.1. The zero-order valence-corrected chi connectivity index (χ0v) is 12.6. The van der Waals surface area contributed by atoms with Crippen LogP contribution in [0.15, 0.2) is 48.5 Å². The molecule has 0 saturated heterocycles. The Morgan fingerprint density at radius 1 is 1.14 bits per heavy atom. The predicted octanol–water partition coefficient (Wildman–Crippen LogP) is 4.31. The van der Waals surface area contributed by atoms with E-state index in [1.165, 1.54) is 7.11 Å². The Kier molecular flexibility index (Phi) is 4.99. The molecule has 0 radical (unpaired) electrons. The summed E-state index contributed by atoms with van der Waals surface area (Å²) >= 11 is 0. The van der Waals surface area contributed by atoms with Crippen LogP contribution in [0.5, 0.6) is 5.75 Å². The zero-order chi connectivity index (χ0) is 15.2. The van der Waals surface area contributed by atoms with Crippen LogP contribution in [-0.2, 0) is 4.74 Å². The van der Waals surface area contributed by atoms with E-state index in [1.54, 1.807) is 6.07 Å². The number of hydrogen-bond acceptors (Lipinski definition) is 3. The molecule has 3 heteroatoms. The van der Waals surface area contributed by atoms with Gasteiger partial charge in [-0.3, -0.25) is 0 Å². The molecule has 0 aliphatic heterocycles. The molecule has 1 unspecified atom stereocenters. The normalized spacial score (nSPS) is 11.8. The minimum absolute atomic E-state index is 0.0286. The molecule has 3 nitrogen and oxygen atoms in total. The van der Waals surface area contributed by atoms with Crippen LogP contribution in [0.2, 0.25) is 0 Å². The number of para-hydroxylation sites is 1. The Balaban J connectivity index is 2.24. The van der Waals surface area contributed by atoms with Crippen LogP contribution in [0.1, 0.15) is 40.9 Å². The molecule has 110 valence electrons. The summed E-state index contributed by atoms with van der Waals surface area (Å²) in [5.74, 6) is 0.530. The van der Waals surface area contributed by atoms with Gasteiger partial charge in [-0.05, 0) is 48.7 Å². The number of methoxy groups -OCH3 is 1. The molecule has 0 heterocycles. The first-order chi connectivity index (χ1) is 10.2. The molecule has 2 rings (SSSR count). The Morgan fingerprint density at radius 2 is 1.86 bits per heavy atom. The zero-order valence-electron chi connectivity index (χ0n) is 12.6. The summed E-state index contributed by atoms with van der Waals surface area (Å²) in [6.07, 6.45) is 0.826. The third kappa shape index (κ3) is 3.63. The summed E-state index contributed by atoms with van der Waals surface area (Å²) in [4.78, 5) is 11.6. The molecule has 2 aromatic rings. The van der Waals surface area contributed by atoms with Gasteiger partial charge in [0.25, 0.3) is 0 Å². The fraction of sp³-hybridized carbons (Fsp3) is 0.278. The van der Waals surface area contributed by atoms with Gasteiger partial charge in [-0.25, -0.2) is 4.79 Å². The number of rotatable bonds is 5. The number of aryl methyl sites for hydroxylation is 1. The van der Waals surface area contributed by atoms with Gasteiger partial charge in [0.2, 0.25) is 0 Å². The number of esters is 1. The minimum Gasteiger partial charge on any atom is -0.486 e. The van der Waals surface area contributed by atoms with E-state index in [0.29, 0.717) is 5.56 Å². The van der Waals surface area contributed by atoms with Gasteiger partial charge >= 0.3 is 5.97 Å². The molecule has 0 aliphatic carbocycles. The lowest BCUT2D eigenvalue weighted by Gasteiger charge is -2.20. The van der Waals surface area contributed by atoms with Crippen LogP contribution in [0.25, 0.3) is 0 Å². The molecule has 0 amide bonds. The van der Waals surface area contributed by atoms with Gasteiger partial charge in [0, 0.05) is 0 Å². The van der Waals surface area contributed by atoms with Crippen molar-refractivity contribution in [3.05, 3.63) is 65.2 Å². The Hall–Kier alpha value is -2.29. The van der Waals surface area contributed by atoms with Crippen LogP contribution in [0.4, 0.5) is 0 Å². The van der Waals surface area contributed by atoms with Gasteiger partial charge in [-0.1, -0.05) is 31.2 Å². The summed E-state index contributed by atoms with van der Waals surface area (Å²) in [6, 6.07) is 15.3. The summed E-state index contributed by atoms with van der Waals surface area (Å²) < 4.78 is 10.8. The third-order valence-corrected chi connectivity index (χ3v) is 3.43. The summed E-state index contributed by atoms with van der Waals surface area (Å²) in [7, 11) is 1.39. The number of ether oxygens (including phenoxy) is 2. The van der Waals surface area contributed by atoms with Gasteiger partial charge in [0.15, 0.2) is 0 Å². The molecule has 0 fully saturated rings. The van der Waals surface area contributed by atoms with Gasteiger partial charge < -0.3 is 9.47 Å². The van der Waals surface area contributed by atoms with E-state index in [1.807, 2.05) is 49.4 Å². The molecule has 0 aromatic heterocycles. The maximum atomic E-state index is 11.6. The highest BCUT2D eigenvalue weighted by atomic mass is 16.5. The van der Waals surface area contributed by atoms with Gasteiger partial charge in [-0.2, -0.15) is 0 Å². The van der Waals surface area contributed by atoms with E-state index in [-0.39, 0.29) is 12.1 Å². The smallest absolute Gasteiger partial charge is 0.337 e. The van der Waals surface area contributed by atoms with Crippen LogP contribution < -0.4 is 4.74 Å². The van der Waals surface area contributed by atoms with Crippen LogP contribution in [-0.4, -0.2) is 13.1 Å². The monoisotopic (exact) mass is 284 g/mol. The van der Waals surface area contributed by atoms with Crippen LogP contribution >= 0.6 is 0 Å². The van der Waals surface area contributed by atoms with E-state index < -0.39 is 0 Å². The van der Waals surface area contributed by atoms with Crippen molar-refractivity contribution in [3.8, 4) is 5.75 Å². The molecule has 0 bridgehead atoms. The maximum Gasteiger partial charge on any atom is 0.337 e. The van der Waals surface area contributed by atoms with Crippen molar-refractivity contribution in [3.63, 3.8) is 0 Å². The largest absolute Gasteiger partial charge is 0.486 e. The van der Waals surface area contributed by atoms with Crippen molar-refractivity contribution in [1.29, 1.82) is 0 Å². The SMILES string of the molecule is CCC(Oc1ccccc1)c1ccc(C(=O)OC)cc1C. The first-order valence-corrected chi connectivity index (χ1v) is 7.06. The molecule has 2 aromatic carbocycles. The second-order valence-electron chi connectivity index (χ2n) is 4.89. The molecule has 0 spiro atoms. The molecular weight excluding hydrogens is 264 g/mol. The van der Waals surface area contributed by atoms with Crippen LogP contribution in [0, 0.1) is 6.92 Å². The van der Waals surface area contributed by atoms with E-state index >= 15 is 0 Å². The highest BCUT2D eigenvalue weighted by Gasteiger charge is 2.15. The Bertz CT molecular complexity index is 605. The van der Waals surface area contributed by atoms with E-state index in [4.69, 9.17) is 9.47 Å². The summed E-state index contributed by atoms with van der Waals surface area (Å²) in [6.45, 7) is 4.07. The van der Waals surface area contributed by atoms with Crippen LogP contribution in [0.3, 0.4) is 0 Å². The minimum atomic E-state index is -0.318. The third-order valence-electron chi connectivity index (χ3n) is 3.43. The quantitative estimate of drug-likeness (QED) is 0.767. The fourth-order valence-electron chi connectivity index (χ4n) is 2.31. The van der Waals surface area contributed by atoms with Crippen molar-refractivity contribution in [2.24, 2.45) is 0 Å². The van der Waals surface area contributed by atoms with Crippen molar-refractivity contribution in [1.82, 2.24) is 0 Å². The average molecular weight is 284 g/mol.